The molecule has 1 N–H and O–H groups in total. The Morgan fingerprint density at radius 2 is 1.71 bits per heavy atom. The summed E-state index contributed by atoms with van der Waals surface area (Å²) < 4.78 is 69.0. The summed E-state index contributed by atoms with van der Waals surface area (Å²) in [5.74, 6) is -0.171. The molecule has 3 heterocycles. The van der Waals surface area contributed by atoms with E-state index in [4.69, 9.17) is 0 Å². The first-order chi connectivity index (χ1) is 18.0. The van der Waals surface area contributed by atoms with E-state index in [2.05, 4.69) is 5.32 Å². The molecule has 6 atom stereocenters. The van der Waals surface area contributed by atoms with E-state index < -0.39 is 22.8 Å². The van der Waals surface area contributed by atoms with Crippen molar-refractivity contribution in [2.75, 3.05) is 6.54 Å². The zero-order chi connectivity index (χ0) is 26.9. The normalized spacial score (nSPS) is 32.0. The maximum absolute atomic E-state index is 14.9. The summed E-state index contributed by atoms with van der Waals surface area (Å²) in [4.78, 5) is 15.9. The summed E-state index contributed by atoms with van der Waals surface area (Å²) in [7, 11) is 0. The zero-order valence-electron chi connectivity index (χ0n) is 21.5. The lowest BCUT2D eigenvalue weighted by Crippen LogP contribution is -2.52. The molecule has 2 aromatic rings. The number of hydrogen-bond donors (Lipinski definition) is 1. The van der Waals surface area contributed by atoms with Crippen molar-refractivity contribution in [3.05, 3.63) is 70.5 Å². The monoisotopic (exact) mass is 532 g/mol. The highest BCUT2D eigenvalue weighted by molar-refractivity contribution is 5.80. The molecule has 4 aliphatic rings. The van der Waals surface area contributed by atoms with Gasteiger partial charge in [0.05, 0.1) is 0 Å². The van der Waals surface area contributed by atoms with Gasteiger partial charge in [0, 0.05) is 36.0 Å². The molecule has 38 heavy (non-hydrogen) atoms. The van der Waals surface area contributed by atoms with Crippen LogP contribution >= 0.6 is 0 Å². The molecule has 1 amide bonds. The first kappa shape index (κ1) is 25.8. The van der Waals surface area contributed by atoms with E-state index in [-0.39, 0.29) is 23.7 Å². The van der Waals surface area contributed by atoms with E-state index in [9.17, 15) is 26.7 Å². The second kappa shape index (κ2) is 9.04. The van der Waals surface area contributed by atoms with E-state index in [1.54, 1.807) is 18.2 Å². The molecule has 0 aromatic heterocycles. The predicted molar refractivity (Wildman–Crippen MR) is 134 cm³/mol. The van der Waals surface area contributed by atoms with Gasteiger partial charge in [-0.1, -0.05) is 30.3 Å². The summed E-state index contributed by atoms with van der Waals surface area (Å²) in [6.45, 7) is 1.14. The molecule has 0 saturated carbocycles. The van der Waals surface area contributed by atoms with Crippen molar-refractivity contribution in [3.8, 4) is 0 Å². The van der Waals surface area contributed by atoms with Gasteiger partial charge in [-0.25, -0.2) is 8.78 Å². The van der Waals surface area contributed by atoms with E-state index >= 15 is 0 Å². The average Bonchev–Trinajstić information content (AvgIpc) is 3.43. The highest BCUT2D eigenvalue weighted by Gasteiger charge is 2.56. The maximum Gasteiger partial charge on any atom is 0.426 e. The second-order valence-electron chi connectivity index (χ2n) is 12.0. The van der Waals surface area contributed by atoms with Crippen LogP contribution in [0.25, 0.3) is 0 Å². The number of amides is 1. The van der Waals surface area contributed by atoms with Gasteiger partial charge in [-0.3, -0.25) is 4.79 Å². The van der Waals surface area contributed by atoms with Crippen LogP contribution in [0.4, 0.5) is 22.0 Å². The van der Waals surface area contributed by atoms with E-state index in [0.29, 0.717) is 56.8 Å². The molecule has 204 valence electrons. The van der Waals surface area contributed by atoms with Gasteiger partial charge < -0.3 is 10.2 Å². The van der Waals surface area contributed by atoms with Crippen LogP contribution in [0.15, 0.2) is 42.5 Å². The van der Waals surface area contributed by atoms with Gasteiger partial charge in [0.2, 0.25) is 11.6 Å². The summed E-state index contributed by atoms with van der Waals surface area (Å²) in [5, 5.41) is 3.60. The SMILES string of the molecule is CC(F)(c1ccc2c(c1)CC[C@H]1N(C(=O)[C@@H]3C[C@H]4CC[C@@H](C3)N4)CC[C@@]21Cc1ccc(F)cc1)C(F)(F)F. The van der Waals surface area contributed by atoms with E-state index in [0.717, 1.165) is 36.8 Å². The molecule has 3 saturated heterocycles. The first-order valence-corrected chi connectivity index (χ1v) is 13.7. The van der Waals surface area contributed by atoms with Crippen LogP contribution in [-0.2, 0) is 28.7 Å². The Kier molecular flexibility index (Phi) is 6.13. The Morgan fingerprint density at radius 3 is 2.37 bits per heavy atom. The maximum atomic E-state index is 14.9. The fraction of sp³-hybridized carbons (Fsp3) is 0.567. The van der Waals surface area contributed by atoms with Crippen LogP contribution in [0, 0.1) is 11.7 Å². The van der Waals surface area contributed by atoms with Crippen molar-refractivity contribution in [2.45, 2.75) is 93.7 Å². The average molecular weight is 533 g/mol. The van der Waals surface area contributed by atoms with E-state index in [1.807, 2.05) is 4.90 Å². The molecule has 3 fully saturated rings. The van der Waals surface area contributed by atoms with E-state index in [1.165, 1.54) is 24.3 Å². The number of carbonyl (C=O) groups excluding carboxylic acids is 1. The Balaban J connectivity index is 1.37. The third kappa shape index (κ3) is 4.14. The van der Waals surface area contributed by atoms with Crippen molar-refractivity contribution in [1.29, 1.82) is 0 Å². The van der Waals surface area contributed by atoms with Crippen LogP contribution in [0.2, 0.25) is 0 Å². The summed E-state index contributed by atoms with van der Waals surface area (Å²) in [6.07, 6.45) is 1.17. The zero-order valence-corrected chi connectivity index (χ0v) is 21.5. The number of nitrogens with one attached hydrogen (secondary N) is 1. The Hall–Kier alpha value is -2.48. The van der Waals surface area contributed by atoms with Gasteiger partial charge in [-0.15, -0.1) is 0 Å². The van der Waals surface area contributed by atoms with Gasteiger partial charge in [-0.05, 0) is 92.7 Å². The number of halogens is 5. The lowest BCUT2D eigenvalue weighted by atomic mass is 9.63. The summed E-state index contributed by atoms with van der Waals surface area (Å²) in [5.41, 5.74) is -1.85. The van der Waals surface area contributed by atoms with Crippen molar-refractivity contribution < 1.29 is 26.7 Å². The number of nitrogens with zero attached hydrogens (tertiary/aromatic N) is 1. The molecule has 2 bridgehead atoms. The molecule has 2 aromatic carbocycles. The number of benzene rings is 2. The molecule has 1 aliphatic carbocycles. The number of aryl methyl sites for hydroxylation is 1. The molecular formula is C30H33F5N2O. The molecule has 3 aliphatic heterocycles. The number of carbonyl (C=O) groups is 1. The second-order valence-corrected chi connectivity index (χ2v) is 12.0. The van der Waals surface area contributed by atoms with Crippen molar-refractivity contribution in [3.63, 3.8) is 0 Å². The van der Waals surface area contributed by atoms with Gasteiger partial charge >= 0.3 is 6.18 Å². The number of piperidine rings is 1. The number of fused-ring (bicyclic) bond motifs is 5. The molecule has 0 spiro atoms. The first-order valence-electron chi connectivity index (χ1n) is 13.7. The van der Waals surface area contributed by atoms with Crippen molar-refractivity contribution in [2.24, 2.45) is 5.92 Å². The minimum absolute atomic E-state index is 0.0156. The number of likely N-dealkylation sites (tertiary alicyclic amines) is 1. The Labute approximate surface area is 219 Å². The van der Waals surface area contributed by atoms with Gasteiger partial charge in [0.15, 0.2) is 0 Å². The fourth-order valence-corrected chi connectivity index (χ4v) is 7.75. The Morgan fingerprint density at radius 1 is 1.03 bits per heavy atom. The van der Waals surface area contributed by atoms with Crippen molar-refractivity contribution >= 4 is 5.91 Å². The standard InChI is InChI=1S/C30H33F5N2O/c1-28(32,30(33,34)35)21-5-10-25-19(14-21)4-11-26-29(25,17-18-2-6-22(31)7-3-18)12-13-37(26)27(38)20-15-23-8-9-24(16-20)36-23/h2-3,5-7,10,14,20,23-24,26,36H,4,8-9,11-13,15-17H2,1H3/t20-,23-,24+,26-,28?,29-/m1/s1. The van der Waals surface area contributed by atoms with Crippen LogP contribution in [0.3, 0.4) is 0 Å². The number of rotatable bonds is 4. The number of alkyl halides is 4. The molecule has 0 radical (unpaired) electrons. The molecule has 1 unspecified atom stereocenters. The smallest absolute Gasteiger partial charge is 0.339 e. The lowest BCUT2D eigenvalue weighted by molar-refractivity contribution is -0.228. The van der Waals surface area contributed by atoms with Gasteiger partial charge in [0.1, 0.15) is 5.82 Å². The summed E-state index contributed by atoms with van der Waals surface area (Å²) >= 11 is 0. The Bertz CT molecular complexity index is 1210. The quantitative estimate of drug-likeness (QED) is 0.481. The topological polar surface area (TPSA) is 32.3 Å². The fourth-order valence-electron chi connectivity index (χ4n) is 7.75. The largest absolute Gasteiger partial charge is 0.426 e. The van der Waals surface area contributed by atoms with Crippen LogP contribution in [0.1, 0.15) is 67.7 Å². The molecule has 8 heteroatoms. The molecule has 3 nitrogen and oxygen atoms in total. The van der Waals surface area contributed by atoms with Crippen LogP contribution < -0.4 is 5.32 Å². The van der Waals surface area contributed by atoms with Gasteiger partial charge in [-0.2, -0.15) is 13.2 Å². The van der Waals surface area contributed by atoms with Crippen LogP contribution in [0.5, 0.6) is 0 Å². The minimum Gasteiger partial charge on any atom is -0.339 e. The third-order valence-electron chi connectivity index (χ3n) is 9.75. The number of hydrogen-bond acceptors (Lipinski definition) is 2. The summed E-state index contributed by atoms with van der Waals surface area (Å²) in [6, 6.07) is 11.3. The van der Waals surface area contributed by atoms with Gasteiger partial charge in [0.25, 0.3) is 0 Å². The minimum atomic E-state index is -5.02. The van der Waals surface area contributed by atoms with Crippen molar-refractivity contribution in [1.82, 2.24) is 10.2 Å². The molecule has 6 rings (SSSR count). The van der Waals surface area contributed by atoms with Crippen LogP contribution in [-0.4, -0.2) is 41.7 Å². The highest BCUT2D eigenvalue weighted by Crippen LogP contribution is 2.51. The lowest BCUT2D eigenvalue weighted by Gasteiger charge is -2.45. The predicted octanol–water partition coefficient (Wildman–Crippen LogP) is 6.13. The molecular weight excluding hydrogens is 499 g/mol. The third-order valence-corrected chi connectivity index (χ3v) is 9.75. The highest BCUT2D eigenvalue weighted by atomic mass is 19.4.